The number of nitrogens with one attached hydrogen (secondary N) is 4. The molecule has 0 bridgehead atoms. The molecule has 0 saturated heterocycles. The summed E-state index contributed by atoms with van der Waals surface area (Å²) in [5, 5.41) is 30.3. The number of carbonyl (C=O) groups is 3. The summed E-state index contributed by atoms with van der Waals surface area (Å²) < 4.78 is 16.1. The summed E-state index contributed by atoms with van der Waals surface area (Å²) in [6.07, 6.45) is 0.757. The van der Waals surface area contributed by atoms with Crippen LogP contribution < -0.4 is 16.5 Å². The first-order valence-electron chi connectivity index (χ1n) is 13.5. The van der Waals surface area contributed by atoms with Crippen molar-refractivity contribution in [1.29, 1.82) is 10.9 Å². The van der Waals surface area contributed by atoms with Gasteiger partial charge in [-0.1, -0.05) is 45.9 Å². The quantitative estimate of drug-likeness (QED) is 0.0357. The lowest BCUT2D eigenvalue weighted by atomic mass is 9.87. The Kier molecular flexibility index (Phi) is 12.2. The summed E-state index contributed by atoms with van der Waals surface area (Å²) in [7, 11) is 0. The number of nitrogens with zero attached hydrogens (tertiary/aromatic N) is 6. The zero-order valence-electron chi connectivity index (χ0n) is 24.2. The van der Waals surface area contributed by atoms with Gasteiger partial charge in [0, 0.05) is 25.2 Å². The lowest BCUT2D eigenvalue weighted by Crippen LogP contribution is -2.68. The molecule has 242 valence electrons. The van der Waals surface area contributed by atoms with E-state index in [-0.39, 0.29) is 37.3 Å². The van der Waals surface area contributed by atoms with Gasteiger partial charge in [0.1, 0.15) is 11.7 Å². The summed E-state index contributed by atoms with van der Waals surface area (Å²) >= 11 is 0. The van der Waals surface area contributed by atoms with Crippen LogP contribution in [0.25, 0.3) is 10.8 Å². The lowest BCUT2D eigenvalue weighted by molar-refractivity contribution is -0.151. The van der Waals surface area contributed by atoms with E-state index in [0.717, 1.165) is 13.0 Å². The van der Waals surface area contributed by atoms with Crippen molar-refractivity contribution < 1.29 is 28.6 Å². The van der Waals surface area contributed by atoms with Crippen LogP contribution in [0.1, 0.15) is 30.1 Å². The maximum Gasteiger partial charge on any atom is 0.373 e. The summed E-state index contributed by atoms with van der Waals surface area (Å²) in [4.78, 5) is 71.2. The van der Waals surface area contributed by atoms with Gasteiger partial charge in [-0.25, -0.2) is 15.0 Å². The van der Waals surface area contributed by atoms with Crippen LogP contribution in [0.2, 0.25) is 0 Å². The van der Waals surface area contributed by atoms with Crippen LogP contribution in [-0.2, 0) is 23.8 Å². The topological polar surface area (TPSA) is 302 Å². The molecule has 1 aliphatic heterocycles. The second-order valence-corrected chi connectivity index (χ2v) is 9.60. The average molecular weight is 640 g/mol. The van der Waals surface area contributed by atoms with E-state index in [0.29, 0.717) is 10.8 Å². The molecule has 3 rings (SSSR count). The Balaban J connectivity index is 1.75. The maximum atomic E-state index is 13.0. The highest BCUT2D eigenvalue weighted by Gasteiger charge is 2.54. The van der Waals surface area contributed by atoms with Crippen molar-refractivity contribution >= 4 is 40.3 Å². The number of azo groups is 1. The van der Waals surface area contributed by atoms with E-state index in [1.165, 1.54) is 6.07 Å². The highest BCUT2D eigenvalue weighted by Crippen LogP contribution is 2.34. The number of amides is 1. The van der Waals surface area contributed by atoms with Crippen molar-refractivity contribution in [1.82, 2.24) is 10.7 Å². The largest absolute Gasteiger partial charge is 0.462 e. The highest BCUT2D eigenvalue weighted by molar-refractivity contribution is 6.05. The van der Waals surface area contributed by atoms with E-state index in [4.69, 9.17) is 30.9 Å². The van der Waals surface area contributed by atoms with E-state index in [1.54, 1.807) is 30.3 Å². The zero-order chi connectivity index (χ0) is 33.7. The molecule has 1 aliphatic rings. The van der Waals surface area contributed by atoms with Gasteiger partial charge in [0.2, 0.25) is 17.4 Å². The Morgan fingerprint density at radius 3 is 2.46 bits per heavy atom. The summed E-state index contributed by atoms with van der Waals surface area (Å²) in [6.45, 7) is 0.142. The smallest absolute Gasteiger partial charge is 0.373 e. The van der Waals surface area contributed by atoms with E-state index < -0.39 is 60.0 Å². The number of rotatable bonds is 15. The number of hydrogen-bond donors (Lipinski definition) is 5. The van der Waals surface area contributed by atoms with Gasteiger partial charge in [0.15, 0.2) is 6.04 Å². The SMILES string of the molecule is CC(=O)N=N[C@@H]1[C@@H](NC(=N)NN=N)C=C(C(=O)OCCCOC(=O)c2ccc3ccccc3c2N=O)O[C@@]1(N)[C@@H](CCN=O)N=O. The molecule has 2 aromatic carbocycles. The van der Waals surface area contributed by atoms with Crippen molar-refractivity contribution in [2.45, 2.75) is 43.6 Å². The van der Waals surface area contributed by atoms with Gasteiger partial charge >= 0.3 is 11.9 Å². The van der Waals surface area contributed by atoms with Gasteiger partial charge in [-0.3, -0.25) is 15.9 Å². The normalized spacial score (nSPS) is 19.6. The van der Waals surface area contributed by atoms with Gasteiger partial charge in [0.05, 0.1) is 31.4 Å². The van der Waals surface area contributed by atoms with Crippen molar-refractivity contribution in [3.05, 3.63) is 68.5 Å². The molecule has 0 aliphatic carbocycles. The molecule has 1 heterocycles. The molecule has 1 amide bonds. The van der Waals surface area contributed by atoms with E-state index in [2.05, 4.69) is 36.3 Å². The fraction of sp³-hybridized carbons (Fsp3) is 0.385. The summed E-state index contributed by atoms with van der Waals surface area (Å²) in [6, 6.07) is 5.59. The number of esters is 2. The molecular formula is C26H29N11O9. The third kappa shape index (κ3) is 8.37. The number of hydrogen-bond acceptors (Lipinski definition) is 17. The molecule has 0 spiro atoms. The number of fused-ring (bicyclic) bond motifs is 1. The highest BCUT2D eigenvalue weighted by atomic mass is 16.6. The van der Waals surface area contributed by atoms with Gasteiger partial charge in [0.25, 0.3) is 5.91 Å². The monoisotopic (exact) mass is 639 g/mol. The molecule has 46 heavy (non-hydrogen) atoms. The Labute approximate surface area is 259 Å². The van der Waals surface area contributed by atoms with Crippen molar-refractivity contribution in [3.8, 4) is 0 Å². The second kappa shape index (κ2) is 16.2. The van der Waals surface area contributed by atoms with E-state index in [9.17, 15) is 29.1 Å². The predicted molar refractivity (Wildman–Crippen MR) is 158 cm³/mol. The molecule has 4 atom stereocenters. The fourth-order valence-electron chi connectivity index (χ4n) is 4.47. The van der Waals surface area contributed by atoms with Crippen LogP contribution in [0.15, 0.2) is 79.2 Å². The second-order valence-electron chi connectivity index (χ2n) is 9.60. The maximum absolute atomic E-state index is 13.0. The molecule has 0 saturated carbocycles. The number of guanidine groups is 1. The average Bonchev–Trinajstić information content (AvgIpc) is 3.03. The van der Waals surface area contributed by atoms with Gasteiger partial charge in [-0.2, -0.15) is 20.5 Å². The molecule has 20 heteroatoms. The third-order valence-electron chi connectivity index (χ3n) is 6.53. The first kappa shape index (κ1) is 34.6. The van der Waals surface area contributed by atoms with Gasteiger partial charge in [-0.15, -0.1) is 10.0 Å². The van der Waals surface area contributed by atoms with Crippen molar-refractivity contribution in [2.75, 3.05) is 19.8 Å². The predicted octanol–water partition coefficient (Wildman–Crippen LogP) is 2.98. The minimum atomic E-state index is -2.32. The van der Waals surface area contributed by atoms with Crippen molar-refractivity contribution in [3.63, 3.8) is 0 Å². The molecular weight excluding hydrogens is 610 g/mol. The molecule has 0 unspecified atom stereocenters. The number of carbonyl (C=O) groups excluding carboxylic acids is 3. The van der Waals surface area contributed by atoms with Gasteiger partial charge < -0.3 is 19.5 Å². The molecule has 6 N–H and O–H groups in total. The molecule has 20 nitrogen and oxygen atoms in total. The van der Waals surface area contributed by atoms with E-state index in [1.807, 2.05) is 5.43 Å². The number of benzene rings is 2. The van der Waals surface area contributed by atoms with Crippen LogP contribution in [-0.4, -0.2) is 67.4 Å². The first-order valence-corrected chi connectivity index (χ1v) is 13.5. The first-order chi connectivity index (χ1) is 22.1. The van der Waals surface area contributed by atoms with Crippen LogP contribution in [0.4, 0.5) is 5.69 Å². The van der Waals surface area contributed by atoms with Gasteiger partial charge in [-0.05, 0) is 22.7 Å². The van der Waals surface area contributed by atoms with Crippen LogP contribution in [0.3, 0.4) is 0 Å². The Hall–Kier alpha value is -5.92. The standard InChI is InChI=1S/C26H29N11O9/c1-14(38)32-33-22-18(31-25(27)34-37-29)13-19(46-26(22,28)20(35-42)9-10-30-41)24(40)45-12-4-11-44-23(39)17-8-7-15-5-2-3-6-16(15)21(17)36-43/h2-3,5-8,13,18,20,22H,4,9-12,28H2,1H3,(H4,27,29,31,34)/t18-,20+,22+,26-/m0/s1. The molecule has 0 aromatic heterocycles. The summed E-state index contributed by atoms with van der Waals surface area (Å²) in [5.74, 6) is -3.80. The van der Waals surface area contributed by atoms with Crippen LogP contribution >= 0.6 is 0 Å². The Morgan fingerprint density at radius 1 is 1.09 bits per heavy atom. The van der Waals surface area contributed by atoms with Crippen LogP contribution in [0, 0.1) is 25.7 Å². The molecule has 0 radical (unpaired) electrons. The summed E-state index contributed by atoms with van der Waals surface area (Å²) in [5.41, 5.74) is 12.9. The number of nitroso groups, excluding NO2 is 3. The zero-order valence-corrected chi connectivity index (χ0v) is 24.2. The number of nitrogens with two attached hydrogens (primary N) is 1. The van der Waals surface area contributed by atoms with E-state index >= 15 is 0 Å². The lowest BCUT2D eigenvalue weighted by Gasteiger charge is -2.43. The minimum absolute atomic E-state index is 0.0101. The molecule has 0 fully saturated rings. The Morgan fingerprint density at radius 2 is 1.80 bits per heavy atom. The number of ether oxygens (including phenoxy) is 3. The Bertz CT molecular complexity index is 1580. The van der Waals surface area contributed by atoms with Crippen molar-refractivity contribution in [2.24, 2.45) is 36.7 Å². The van der Waals surface area contributed by atoms with Crippen LogP contribution in [0.5, 0.6) is 0 Å². The molecule has 2 aromatic rings. The third-order valence-corrected chi connectivity index (χ3v) is 6.53. The minimum Gasteiger partial charge on any atom is -0.462 e. The fourth-order valence-corrected chi connectivity index (χ4v) is 4.47.